The average Bonchev–Trinajstić information content (AvgIpc) is 2.92. The lowest BCUT2D eigenvalue weighted by Crippen LogP contribution is -2.51. The van der Waals surface area contributed by atoms with Crippen molar-refractivity contribution in [2.24, 2.45) is 10.8 Å². The number of aliphatic imine (C=N–C) groups is 1. The topological polar surface area (TPSA) is 53.6 Å². The number of nitrogens with two attached hydrogens (primary N) is 1. The third kappa shape index (κ3) is 4.26. The molecule has 0 spiro atoms. The molecule has 3 N–H and O–H groups in total. The van der Waals surface area contributed by atoms with Crippen molar-refractivity contribution in [1.82, 2.24) is 10.3 Å². The van der Waals surface area contributed by atoms with Crippen LogP contribution in [0.3, 0.4) is 0 Å². The SMILES string of the molecule is CC(C)N(CC(F)(F)F)C(=NC1CC1)NN. The van der Waals surface area contributed by atoms with Gasteiger partial charge in [-0.15, -0.1) is 0 Å². The van der Waals surface area contributed by atoms with E-state index in [2.05, 4.69) is 10.4 Å². The summed E-state index contributed by atoms with van der Waals surface area (Å²) in [5.74, 6) is 5.34. The zero-order chi connectivity index (χ0) is 12.3. The molecule has 1 saturated carbocycles. The largest absolute Gasteiger partial charge is 0.406 e. The Labute approximate surface area is 92.7 Å². The molecule has 0 saturated heterocycles. The molecule has 0 aliphatic heterocycles. The van der Waals surface area contributed by atoms with E-state index in [1.807, 2.05) is 0 Å². The fourth-order valence-corrected chi connectivity index (χ4v) is 1.27. The molecule has 0 aromatic heterocycles. The molecular formula is C9H17F3N4. The minimum absolute atomic E-state index is 0.120. The third-order valence-corrected chi connectivity index (χ3v) is 2.23. The summed E-state index contributed by atoms with van der Waals surface area (Å²) < 4.78 is 37.1. The Morgan fingerprint density at radius 1 is 1.50 bits per heavy atom. The second kappa shape index (κ2) is 4.90. The molecule has 0 atom stereocenters. The number of guanidine groups is 1. The predicted molar refractivity (Wildman–Crippen MR) is 55.7 cm³/mol. The Morgan fingerprint density at radius 2 is 2.06 bits per heavy atom. The van der Waals surface area contributed by atoms with Crippen LogP contribution in [0.25, 0.3) is 0 Å². The second-order valence-electron chi connectivity index (χ2n) is 4.17. The van der Waals surface area contributed by atoms with E-state index in [-0.39, 0.29) is 18.0 Å². The summed E-state index contributed by atoms with van der Waals surface area (Å²) in [6.07, 6.45) is -2.42. The van der Waals surface area contributed by atoms with E-state index in [1.54, 1.807) is 13.8 Å². The highest BCUT2D eigenvalue weighted by Crippen LogP contribution is 2.24. The van der Waals surface area contributed by atoms with Gasteiger partial charge in [-0.2, -0.15) is 13.2 Å². The van der Waals surface area contributed by atoms with Gasteiger partial charge in [-0.1, -0.05) is 0 Å². The monoisotopic (exact) mass is 238 g/mol. The first-order valence-corrected chi connectivity index (χ1v) is 5.21. The summed E-state index contributed by atoms with van der Waals surface area (Å²) in [5.41, 5.74) is 2.25. The van der Waals surface area contributed by atoms with Crippen LogP contribution in [0.1, 0.15) is 26.7 Å². The summed E-state index contributed by atoms with van der Waals surface area (Å²) in [7, 11) is 0. The Balaban J connectivity index is 2.73. The van der Waals surface area contributed by atoms with Gasteiger partial charge in [-0.05, 0) is 26.7 Å². The standard InChI is InChI=1S/C9H17F3N4/c1-6(2)16(5-9(10,11)12)8(15-13)14-7-3-4-7/h6-7H,3-5,13H2,1-2H3,(H,14,15). The van der Waals surface area contributed by atoms with Gasteiger partial charge in [0.15, 0.2) is 0 Å². The first-order valence-electron chi connectivity index (χ1n) is 5.21. The van der Waals surface area contributed by atoms with Crippen molar-refractivity contribution >= 4 is 5.96 Å². The van der Waals surface area contributed by atoms with Crippen molar-refractivity contribution < 1.29 is 13.2 Å². The van der Waals surface area contributed by atoms with E-state index < -0.39 is 12.7 Å². The van der Waals surface area contributed by atoms with Crippen molar-refractivity contribution in [3.8, 4) is 0 Å². The summed E-state index contributed by atoms with van der Waals surface area (Å²) in [6, 6.07) is -0.185. The Bertz CT molecular complexity index is 258. The molecule has 0 heterocycles. The Hall–Kier alpha value is -0.980. The normalized spacial score (nSPS) is 17.8. The third-order valence-electron chi connectivity index (χ3n) is 2.23. The molecule has 1 aliphatic carbocycles. The lowest BCUT2D eigenvalue weighted by Gasteiger charge is -2.30. The van der Waals surface area contributed by atoms with Crippen LogP contribution in [0.5, 0.6) is 0 Å². The summed E-state index contributed by atoms with van der Waals surface area (Å²) in [4.78, 5) is 5.24. The molecular weight excluding hydrogens is 221 g/mol. The van der Waals surface area contributed by atoms with Gasteiger partial charge in [0, 0.05) is 6.04 Å². The van der Waals surface area contributed by atoms with Crippen LogP contribution in [0.2, 0.25) is 0 Å². The molecule has 7 heteroatoms. The zero-order valence-corrected chi connectivity index (χ0v) is 9.38. The maximum atomic E-state index is 12.4. The molecule has 1 rings (SSSR count). The number of rotatable bonds is 3. The molecule has 4 nitrogen and oxygen atoms in total. The van der Waals surface area contributed by atoms with Gasteiger partial charge in [0.1, 0.15) is 6.54 Å². The number of hydrogen-bond donors (Lipinski definition) is 2. The van der Waals surface area contributed by atoms with Gasteiger partial charge < -0.3 is 4.90 Å². The predicted octanol–water partition coefficient (Wildman–Crippen LogP) is 1.24. The van der Waals surface area contributed by atoms with Crippen LogP contribution in [0, 0.1) is 0 Å². The first kappa shape index (κ1) is 13.1. The molecule has 1 fully saturated rings. The Kier molecular flexibility index (Phi) is 4.01. The molecule has 1 aliphatic rings. The van der Waals surface area contributed by atoms with E-state index in [1.165, 1.54) is 0 Å². The Morgan fingerprint density at radius 3 is 2.38 bits per heavy atom. The van der Waals surface area contributed by atoms with Gasteiger partial charge in [0.2, 0.25) is 5.96 Å². The van der Waals surface area contributed by atoms with E-state index in [4.69, 9.17) is 5.84 Å². The summed E-state index contributed by atoms with van der Waals surface area (Å²) >= 11 is 0. The van der Waals surface area contributed by atoms with Crippen molar-refractivity contribution in [2.45, 2.75) is 44.9 Å². The van der Waals surface area contributed by atoms with Gasteiger partial charge in [0.25, 0.3) is 0 Å². The van der Waals surface area contributed by atoms with Gasteiger partial charge in [-0.3, -0.25) is 5.43 Å². The smallest absolute Gasteiger partial charge is 0.330 e. The quantitative estimate of drug-likeness (QED) is 0.336. The highest BCUT2D eigenvalue weighted by molar-refractivity contribution is 5.80. The number of halogens is 3. The second-order valence-corrected chi connectivity index (χ2v) is 4.17. The van der Waals surface area contributed by atoms with Crippen molar-refractivity contribution in [3.05, 3.63) is 0 Å². The van der Waals surface area contributed by atoms with Gasteiger partial charge in [-0.25, -0.2) is 10.8 Å². The number of hydrazine groups is 1. The summed E-state index contributed by atoms with van der Waals surface area (Å²) in [6.45, 7) is 2.30. The number of hydrogen-bond acceptors (Lipinski definition) is 2. The van der Waals surface area contributed by atoms with E-state index in [0.717, 1.165) is 17.7 Å². The van der Waals surface area contributed by atoms with Crippen LogP contribution in [0.4, 0.5) is 13.2 Å². The van der Waals surface area contributed by atoms with E-state index in [0.29, 0.717) is 0 Å². The molecule has 16 heavy (non-hydrogen) atoms. The maximum absolute atomic E-state index is 12.4. The van der Waals surface area contributed by atoms with Crippen molar-refractivity contribution in [1.29, 1.82) is 0 Å². The zero-order valence-electron chi connectivity index (χ0n) is 9.38. The van der Waals surface area contributed by atoms with Gasteiger partial charge in [0.05, 0.1) is 6.04 Å². The van der Waals surface area contributed by atoms with Gasteiger partial charge >= 0.3 is 6.18 Å². The molecule has 0 aromatic carbocycles. The maximum Gasteiger partial charge on any atom is 0.406 e. The lowest BCUT2D eigenvalue weighted by atomic mass is 10.3. The number of alkyl halides is 3. The average molecular weight is 238 g/mol. The number of nitrogens with zero attached hydrogens (tertiary/aromatic N) is 2. The molecule has 0 aromatic rings. The highest BCUT2D eigenvalue weighted by atomic mass is 19.4. The molecule has 94 valence electrons. The van der Waals surface area contributed by atoms with E-state index >= 15 is 0 Å². The van der Waals surface area contributed by atoms with E-state index in [9.17, 15) is 13.2 Å². The fourth-order valence-electron chi connectivity index (χ4n) is 1.27. The molecule has 0 amide bonds. The van der Waals surface area contributed by atoms with Crippen LogP contribution >= 0.6 is 0 Å². The van der Waals surface area contributed by atoms with Crippen LogP contribution in [0.15, 0.2) is 4.99 Å². The lowest BCUT2D eigenvalue weighted by molar-refractivity contribution is -0.140. The van der Waals surface area contributed by atoms with Crippen molar-refractivity contribution in [2.75, 3.05) is 6.54 Å². The molecule has 0 unspecified atom stereocenters. The minimum Gasteiger partial charge on any atom is -0.330 e. The molecule has 0 radical (unpaired) electrons. The number of nitrogens with one attached hydrogen (secondary N) is 1. The first-order chi connectivity index (χ1) is 7.33. The van der Waals surface area contributed by atoms with Crippen LogP contribution in [-0.4, -0.2) is 35.7 Å². The molecule has 0 bridgehead atoms. The highest BCUT2D eigenvalue weighted by Gasteiger charge is 2.34. The summed E-state index contributed by atoms with van der Waals surface area (Å²) in [5, 5.41) is 0. The minimum atomic E-state index is -4.26. The van der Waals surface area contributed by atoms with Crippen LogP contribution in [-0.2, 0) is 0 Å². The van der Waals surface area contributed by atoms with Crippen molar-refractivity contribution in [3.63, 3.8) is 0 Å². The fraction of sp³-hybridized carbons (Fsp3) is 0.889. The van der Waals surface area contributed by atoms with Crippen LogP contribution < -0.4 is 11.3 Å².